The van der Waals surface area contributed by atoms with Gasteiger partial charge < -0.3 is 25.7 Å². The summed E-state index contributed by atoms with van der Waals surface area (Å²) in [6, 6.07) is 10.0. The van der Waals surface area contributed by atoms with Gasteiger partial charge in [0.2, 0.25) is 5.95 Å². The molecule has 0 spiro atoms. The van der Waals surface area contributed by atoms with Crippen molar-refractivity contribution in [3.05, 3.63) is 41.6 Å². The molecular formula is C27H36N6O2. The Balaban J connectivity index is 1.26. The minimum absolute atomic E-state index is 0.231. The maximum Gasteiger partial charge on any atom is 0.224 e. The fourth-order valence-electron chi connectivity index (χ4n) is 7.36. The number of hydrogen-bond acceptors (Lipinski definition) is 8. The Morgan fingerprint density at radius 2 is 1.94 bits per heavy atom. The highest BCUT2D eigenvalue weighted by Crippen LogP contribution is 2.61. The van der Waals surface area contributed by atoms with Gasteiger partial charge in [-0.05, 0) is 74.8 Å². The van der Waals surface area contributed by atoms with Crippen LogP contribution in [0.4, 0.5) is 11.8 Å². The number of nitrogens with one attached hydrogen (secondary N) is 2. The number of aliphatic hydroxyl groups excluding tert-OH is 1. The van der Waals surface area contributed by atoms with Crippen LogP contribution in [0.2, 0.25) is 0 Å². The third-order valence-electron chi connectivity index (χ3n) is 8.50. The second kappa shape index (κ2) is 10.00. The van der Waals surface area contributed by atoms with Crippen LogP contribution in [0.15, 0.2) is 30.5 Å². The number of benzene rings is 1. The second-order valence-electron chi connectivity index (χ2n) is 10.9. The van der Waals surface area contributed by atoms with E-state index in [-0.39, 0.29) is 17.8 Å². The van der Waals surface area contributed by atoms with Gasteiger partial charge in [0.1, 0.15) is 23.2 Å². The fourth-order valence-corrected chi connectivity index (χ4v) is 7.36. The molecule has 5 atom stereocenters. The highest BCUT2D eigenvalue weighted by atomic mass is 16.3. The van der Waals surface area contributed by atoms with Crippen LogP contribution in [0.25, 0.3) is 0 Å². The smallest absolute Gasteiger partial charge is 0.224 e. The highest BCUT2D eigenvalue weighted by molar-refractivity contribution is 5.53. The number of aliphatic hydroxyl groups is 1. The zero-order chi connectivity index (χ0) is 24.4. The van der Waals surface area contributed by atoms with Crippen LogP contribution in [0.1, 0.15) is 49.7 Å². The van der Waals surface area contributed by atoms with Crippen LogP contribution in [-0.2, 0) is 6.54 Å². The van der Waals surface area contributed by atoms with Gasteiger partial charge >= 0.3 is 0 Å². The van der Waals surface area contributed by atoms with Crippen molar-refractivity contribution in [3.63, 3.8) is 0 Å². The van der Waals surface area contributed by atoms with Crippen molar-refractivity contribution in [2.75, 3.05) is 37.4 Å². The van der Waals surface area contributed by atoms with E-state index in [2.05, 4.69) is 38.6 Å². The predicted molar refractivity (Wildman–Crippen MR) is 135 cm³/mol. The molecule has 4 saturated carbocycles. The number of nitrogens with zero attached hydrogens (tertiary/aromatic N) is 4. The number of anilines is 2. The summed E-state index contributed by atoms with van der Waals surface area (Å²) in [5.74, 6) is 3.47. The molecule has 4 aliphatic rings. The van der Waals surface area contributed by atoms with Gasteiger partial charge in [-0.3, -0.25) is 0 Å². The average Bonchev–Trinajstić information content (AvgIpc) is 2.85. The quantitative estimate of drug-likeness (QED) is 0.411. The summed E-state index contributed by atoms with van der Waals surface area (Å²) < 4.78 is 0. The van der Waals surface area contributed by atoms with E-state index in [9.17, 15) is 15.5 Å². The molecular weight excluding hydrogens is 440 g/mol. The first kappa shape index (κ1) is 23.8. The molecule has 4 bridgehead atoms. The summed E-state index contributed by atoms with van der Waals surface area (Å²) in [5, 5.41) is 35.6. The van der Waals surface area contributed by atoms with Crippen molar-refractivity contribution in [1.29, 1.82) is 5.26 Å². The first-order valence-corrected chi connectivity index (χ1v) is 12.8. The van der Waals surface area contributed by atoms with Crippen LogP contribution in [-0.4, -0.2) is 57.9 Å². The van der Waals surface area contributed by atoms with Crippen molar-refractivity contribution >= 4 is 11.8 Å². The molecule has 0 amide bonds. The summed E-state index contributed by atoms with van der Waals surface area (Å²) in [6.07, 6.45) is 8.74. The molecule has 0 aliphatic heterocycles. The van der Waals surface area contributed by atoms with Gasteiger partial charge in [-0.25, -0.2) is 4.98 Å². The van der Waals surface area contributed by atoms with Gasteiger partial charge in [0.25, 0.3) is 0 Å². The monoisotopic (exact) mass is 476 g/mol. The van der Waals surface area contributed by atoms with E-state index < -0.39 is 0 Å². The Kier molecular flexibility index (Phi) is 6.81. The third-order valence-corrected chi connectivity index (χ3v) is 8.50. The molecule has 0 radical (unpaired) electrons. The van der Waals surface area contributed by atoms with Crippen molar-refractivity contribution in [2.24, 2.45) is 23.2 Å². The summed E-state index contributed by atoms with van der Waals surface area (Å²) in [5.41, 5.74) is 1.47. The van der Waals surface area contributed by atoms with Crippen LogP contribution in [0.3, 0.4) is 0 Å². The molecule has 0 saturated heterocycles. The van der Waals surface area contributed by atoms with Gasteiger partial charge in [-0.15, -0.1) is 0 Å². The van der Waals surface area contributed by atoms with Crippen molar-refractivity contribution in [3.8, 4) is 11.8 Å². The Hall–Kier alpha value is -2.89. The molecule has 2 aromatic rings. The Bertz CT molecular complexity index is 1070. The Morgan fingerprint density at radius 1 is 1.17 bits per heavy atom. The molecule has 3 unspecified atom stereocenters. The Labute approximate surface area is 207 Å². The molecule has 4 aliphatic carbocycles. The van der Waals surface area contributed by atoms with Crippen LogP contribution < -0.4 is 10.6 Å². The first-order chi connectivity index (χ1) is 17.0. The van der Waals surface area contributed by atoms with Gasteiger partial charge in [-0.2, -0.15) is 10.2 Å². The number of rotatable bonds is 10. The molecule has 4 fully saturated rings. The normalized spacial score (nSPS) is 28.7. The number of nitriles is 1. The molecule has 186 valence electrons. The van der Waals surface area contributed by atoms with Gasteiger partial charge in [-0.1, -0.05) is 18.2 Å². The lowest BCUT2D eigenvalue weighted by Gasteiger charge is -2.62. The van der Waals surface area contributed by atoms with Crippen LogP contribution >= 0.6 is 0 Å². The summed E-state index contributed by atoms with van der Waals surface area (Å²) >= 11 is 0. The largest absolute Gasteiger partial charge is 0.508 e. The lowest BCUT2D eigenvalue weighted by Crippen LogP contribution is -2.60. The second-order valence-corrected chi connectivity index (χ2v) is 10.9. The number of aromatic hydroxyl groups is 1. The average molecular weight is 477 g/mol. The van der Waals surface area contributed by atoms with Crippen molar-refractivity contribution < 1.29 is 10.2 Å². The number of hydrogen-bond donors (Lipinski definition) is 4. The van der Waals surface area contributed by atoms with Gasteiger partial charge in [0.15, 0.2) is 0 Å². The number of phenolic OH excluding ortho intramolecular Hbond substituents is 1. The highest BCUT2D eigenvalue weighted by Gasteiger charge is 2.55. The van der Waals surface area contributed by atoms with Gasteiger partial charge in [0.05, 0.1) is 6.20 Å². The summed E-state index contributed by atoms with van der Waals surface area (Å²) in [4.78, 5) is 11.4. The maximum atomic E-state index is 10.0. The topological polar surface area (TPSA) is 117 Å². The maximum absolute atomic E-state index is 10.0. The lowest BCUT2D eigenvalue weighted by molar-refractivity contribution is -0.102. The minimum Gasteiger partial charge on any atom is -0.508 e. The molecule has 1 aromatic heterocycles. The van der Waals surface area contributed by atoms with Gasteiger partial charge in [0, 0.05) is 37.8 Å². The zero-order valence-electron chi connectivity index (χ0n) is 20.5. The van der Waals surface area contributed by atoms with E-state index in [1.54, 1.807) is 18.3 Å². The summed E-state index contributed by atoms with van der Waals surface area (Å²) in [7, 11) is 2.23. The summed E-state index contributed by atoms with van der Waals surface area (Å²) in [6.45, 7) is 2.45. The molecule has 1 heterocycles. The predicted octanol–water partition coefficient (Wildman–Crippen LogP) is 3.59. The van der Waals surface area contributed by atoms with Crippen molar-refractivity contribution in [1.82, 2.24) is 14.9 Å². The third kappa shape index (κ3) is 4.93. The number of phenols is 1. The molecule has 8 heteroatoms. The number of para-hydroxylation sites is 1. The number of aromatic nitrogens is 2. The Morgan fingerprint density at radius 3 is 2.66 bits per heavy atom. The van der Waals surface area contributed by atoms with Crippen LogP contribution in [0, 0.1) is 34.5 Å². The zero-order valence-corrected chi connectivity index (χ0v) is 20.5. The fraction of sp³-hybridized carbons (Fsp3) is 0.593. The minimum atomic E-state index is 0.231. The van der Waals surface area contributed by atoms with E-state index in [0.717, 1.165) is 31.0 Å². The molecule has 35 heavy (non-hydrogen) atoms. The standard InChI is InChI=1S/C27H36N6O2/c1-33(7-4-8-34)24-20-9-18-10-21(24)13-27(11-18,12-20)17-31-25-22(14-28)16-30-26(32-25)29-15-19-5-2-3-6-23(19)35/h2-3,5-6,16,18,20-21,24,34-35H,4,7-13,15,17H2,1H3,(H2,29,30,31,32)/t18?,20-,21+,24?,27?. The molecule has 1 aromatic carbocycles. The molecule has 6 rings (SSSR count). The van der Waals surface area contributed by atoms with Crippen molar-refractivity contribution in [2.45, 2.75) is 51.1 Å². The van der Waals surface area contributed by atoms with E-state index in [1.165, 1.54) is 32.1 Å². The SMILES string of the molecule is CN(CCCO)C1[C@@H]2CC3C[C@H]1CC(CNc1nc(NCc4ccccc4O)ncc1C#N)(C3)C2. The molecule has 4 N–H and O–H groups in total. The first-order valence-electron chi connectivity index (χ1n) is 12.8. The van der Waals surface area contributed by atoms with E-state index in [4.69, 9.17) is 0 Å². The van der Waals surface area contributed by atoms with E-state index in [1.807, 2.05) is 12.1 Å². The van der Waals surface area contributed by atoms with E-state index >= 15 is 0 Å². The van der Waals surface area contributed by atoms with Crippen LogP contribution in [0.5, 0.6) is 5.75 Å². The lowest BCUT2D eigenvalue weighted by atomic mass is 9.47. The molecule has 8 nitrogen and oxygen atoms in total. The van der Waals surface area contributed by atoms with E-state index in [0.29, 0.717) is 41.8 Å².